The van der Waals surface area contributed by atoms with E-state index in [1.54, 1.807) is 0 Å². The fourth-order valence-electron chi connectivity index (χ4n) is 0. The maximum atomic E-state index is 8.00. The summed E-state index contributed by atoms with van der Waals surface area (Å²) in [5.74, 6) is 0. The van der Waals surface area contributed by atoms with Crippen LogP contribution in [0.3, 0.4) is 0 Å². The molecule has 6 heavy (non-hydrogen) atoms. The second kappa shape index (κ2) is 57.5. The number of hydrogen-bond donors (Lipinski definition) is 0. The van der Waals surface area contributed by atoms with Crippen LogP contribution in [0.5, 0.6) is 0 Å². The van der Waals surface area contributed by atoms with Gasteiger partial charge in [-0.2, -0.15) is 0 Å². The molecule has 1 nitrogen and oxygen atoms in total. The first-order valence-electron chi connectivity index (χ1n) is 1.29. The Bertz CT molecular complexity index is 8.75. The number of rotatable bonds is 0. The van der Waals surface area contributed by atoms with Crippen molar-refractivity contribution in [1.29, 1.82) is 0 Å². The van der Waals surface area contributed by atoms with Crippen molar-refractivity contribution >= 4 is 6.79 Å². The van der Waals surface area contributed by atoms with Gasteiger partial charge in [0.25, 0.3) is 0 Å². The molecule has 0 aliphatic heterocycles. The monoisotopic (exact) mass is 140 g/mol. The first kappa shape index (κ1) is 24.1. The van der Waals surface area contributed by atoms with Gasteiger partial charge in [-0.25, -0.2) is 0 Å². The maximum absolute atomic E-state index is 8.00. The molecular weight excluding hydrogens is 132 g/mol. The minimum atomic E-state index is 0. The molecule has 0 aromatic heterocycles. The molecule has 0 amide bonds. The zero-order valence-corrected chi connectivity index (χ0v) is 5.24. The van der Waals surface area contributed by atoms with Gasteiger partial charge >= 0.3 is 0 Å². The molecule has 0 unspecified atom stereocenters. The van der Waals surface area contributed by atoms with Gasteiger partial charge in [0.1, 0.15) is 6.79 Å². The molecule has 3 heteroatoms. The Morgan fingerprint density at radius 3 is 1.00 bits per heavy atom. The van der Waals surface area contributed by atoms with Crippen molar-refractivity contribution in [2.75, 3.05) is 0 Å². The van der Waals surface area contributed by atoms with E-state index in [9.17, 15) is 0 Å². The fourth-order valence-corrected chi connectivity index (χ4v) is 0. The van der Waals surface area contributed by atoms with Crippen LogP contribution in [0.1, 0.15) is 13.8 Å². The van der Waals surface area contributed by atoms with Crippen molar-refractivity contribution in [3.8, 4) is 0 Å². The smallest absolute Gasteiger partial charge is 0.106 e. The molecule has 0 atom stereocenters. The van der Waals surface area contributed by atoms with Gasteiger partial charge in [-0.05, 0) is 0 Å². The number of hydrogen-bond acceptors (Lipinski definition) is 1. The Morgan fingerprint density at radius 2 is 1.00 bits per heavy atom. The van der Waals surface area contributed by atoms with Gasteiger partial charge in [-0.1, -0.05) is 13.8 Å². The Labute approximate surface area is 98.9 Å². The third-order valence-corrected chi connectivity index (χ3v) is 0. The van der Waals surface area contributed by atoms with Crippen molar-refractivity contribution in [3.63, 3.8) is 0 Å². The van der Waals surface area contributed by atoms with E-state index >= 15 is 0 Å². The van der Waals surface area contributed by atoms with E-state index in [-0.39, 0.29) is 75.5 Å². The maximum Gasteiger partial charge on any atom is 0.106 e. The van der Waals surface area contributed by atoms with Crippen LogP contribution in [0.4, 0.5) is 0 Å². The summed E-state index contributed by atoms with van der Waals surface area (Å²) in [4.78, 5) is 8.00. The summed E-state index contributed by atoms with van der Waals surface area (Å²) in [6.45, 7) is 6.00. The molecule has 0 rings (SSSR count). The van der Waals surface area contributed by atoms with E-state index in [0.717, 1.165) is 0 Å². The summed E-state index contributed by atoms with van der Waals surface area (Å²) in [7, 11) is 0. The summed E-state index contributed by atoms with van der Waals surface area (Å²) < 4.78 is 0. The van der Waals surface area contributed by atoms with Gasteiger partial charge in [0.2, 0.25) is 0 Å². The van der Waals surface area contributed by atoms with Crippen LogP contribution >= 0.6 is 0 Å². The molecule has 0 aliphatic carbocycles. The van der Waals surface area contributed by atoms with Crippen molar-refractivity contribution in [2.24, 2.45) is 0 Å². The third-order valence-electron chi connectivity index (χ3n) is 0. The van der Waals surface area contributed by atoms with E-state index in [4.69, 9.17) is 4.79 Å². The van der Waals surface area contributed by atoms with Gasteiger partial charge in [0.15, 0.2) is 0 Å². The molecule has 0 bridgehead atoms. The van der Waals surface area contributed by atoms with Crippen molar-refractivity contribution < 1.29 is 80.3 Å². The van der Waals surface area contributed by atoms with Gasteiger partial charge in [-0.15, -0.1) is 0 Å². The minimum Gasteiger partial charge on any atom is -0.307 e. The first-order valence-corrected chi connectivity index (χ1v) is 1.29. The molecule has 0 radical (unpaired) electrons. The molecule has 0 saturated heterocycles. The normalized spacial score (nSPS) is 1.67. The van der Waals surface area contributed by atoms with Crippen LogP contribution in [0.15, 0.2) is 0 Å². The summed E-state index contributed by atoms with van der Waals surface area (Å²) in [6, 6.07) is 0. The predicted molar refractivity (Wildman–Crippen MR) is 18.5 cm³/mol. The molecule has 0 aliphatic rings. The summed E-state index contributed by atoms with van der Waals surface area (Å²) in [5.41, 5.74) is 0. The Hall–Kier alpha value is 2.19. The quantitative estimate of drug-likeness (QED) is 0.487. The summed E-state index contributed by atoms with van der Waals surface area (Å²) in [6.07, 6.45) is 0. The molecule has 0 fully saturated rings. The van der Waals surface area contributed by atoms with Crippen LogP contribution in [-0.4, -0.2) is 6.79 Å². The van der Waals surface area contributed by atoms with Crippen LogP contribution in [0, 0.1) is 75.5 Å². The van der Waals surface area contributed by atoms with Crippen LogP contribution < -0.4 is 0 Å². The van der Waals surface area contributed by atoms with E-state index < -0.39 is 0 Å². The van der Waals surface area contributed by atoms with Crippen molar-refractivity contribution in [2.45, 2.75) is 13.8 Å². The number of carbonyl (C=O) groups is 1. The van der Waals surface area contributed by atoms with E-state index in [1.807, 2.05) is 20.6 Å². The Balaban J connectivity index is -0.00000000500. The van der Waals surface area contributed by atoms with E-state index in [2.05, 4.69) is 0 Å². The predicted octanol–water partition coefficient (Wildman–Crippen LogP) is 0.841. The molecule has 0 heterocycles. The molecule has 0 aromatic rings. The van der Waals surface area contributed by atoms with E-state index in [0.29, 0.717) is 0 Å². The van der Waals surface area contributed by atoms with Crippen LogP contribution in [0.2, 0.25) is 0 Å². The molecule has 0 N–H and O–H groups in total. The average molecular weight is 140 g/mol. The molecule has 0 spiro atoms. The molecule has 0 aromatic carbocycles. The molecular formula is C3H8Ar2O. The zero-order chi connectivity index (χ0) is 4.00. The summed E-state index contributed by atoms with van der Waals surface area (Å²) >= 11 is 0. The minimum absolute atomic E-state index is 0. The van der Waals surface area contributed by atoms with E-state index in [1.165, 1.54) is 0 Å². The van der Waals surface area contributed by atoms with Gasteiger partial charge in [-0.3, -0.25) is 0 Å². The second-order valence-electron chi connectivity index (χ2n) is 0. The largest absolute Gasteiger partial charge is 0.307 e. The standard InChI is InChI=1S/C2H6.CH2O.2Ar/c2*1-2;;/h1-2H3;1H2;;. The number of carbonyl (C=O) groups excluding carboxylic acids is 1. The van der Waals surface area contributed by atoms with Gasteiger partial charge in [0, 0.05) is 75.5 Å². The summed E-state index contributed by atoms with van der Waals surface area (Å²) in [5, 5.41) is 0. The van der Waals surface area contributed by atoms with Crippen molar-refractivity contribution in [3.05, 3.63) is 0 Å². The van der Waals surface area contributed by atoms with Gasteiger partial charge in [0.05, 0.1) is 0 Å². The molecule has 42 valence electrons. The topological polar surface area (TPSA) is 17.1 Å². The SMILES string of the molecule is C=O.CC.[Ar].[Ar]. The first-order chi connectivity index (χ1) is 2.00. The third kappa shape index (κ3) is 34.8. The second-order valence-corrected chi connectivity index (χ2v) is 0. The zero-order valence-electron chi connectivity index (χ0n) is 3.82. The fraction of sp³-hybridized carbons (Fsp3) is 0.667. The molecule has 0 saturated carbocycles. The Kier molecular flexibility index (Phi) is 231. The van der Waals surface area contributed by atoms with Gasteiger partial charge < -0.3 is 4.79 Å². The van der Waals surface area contributed by atoms with Crippen molar-refractivity contribution in [1.82, 2.24) is 0 Å². The van der Waals surface area contributed by atoms with Crippen LogP contribution in [-0.2, 0) is 4.79 Å². The Morgan fingerprint density at radius 1 is 1.00 bits per heavy atom. The van der Waals surface area contributed by atoms with Crippen LogP contribution in [0.25, 0.3) is 0 Å². The average Bonchev–Trinajstić information content (AvgIpc) is 1.50.